The molecule has 1 aliphatic rings. The number of nitrogens with zero attached hydrogens (tertiary/aromatic N) is 3. The number of amides is 1. The van der Waals surface area contributed by atoms with Gasteiger partial charge in [-0.3, -0.25) is 14.5 Å². The van der Waals surface area contributed by atoms with Gasteiger partial charge in [0.2, 0.25) is 0 Å². The number of aliphatic hydroxyl groups excluding tert-OH is 1. The topological polar surface area (TPSA) is 83.0 Å². The zero-order valence-electron chi connectivity index (χ0n) is 22.5. The number of ether oxygens (including phenoxy) is 1. The van der Waals surface area contributed by atoms with Gasteiger partial charge in [-0.1, -0.05) is 55.0 Å². The van der Waals surface area contributed by atoms with E-state index in [1.807, 2.05) is 74.4 Å². The molecule has 5 rings (SSSR count). The lowest BCUT2D eigenvalue weighted by atomic mass is 9.95. The summed E-state index contributed by atoms with van der Waals surface area (Å²) in [5.41, 5.74) is 3.95. The molecule has 0 aliphatic carbocycles. The molecule has 0 spiro atoms. The third kappa shape index (κ3) is 5.12. The Balaban J connectivity index is 1.65. The number of fused-ring (bicyclic) bond motifs is 1. The minimum Gasteiger partial charge on any atom is -0.507 e. The summed E-state index contributed by atoms with van der Waals surface area (Å²) in [6.07, 6.45) is 1.91. The predicted molar refractivity (Wildman–Crippen MR) is 157 cm³/mol. The van der Waals surface area contributed by atoms with Crippen molar-refractivity contribution in [1.29, 1.82) is 0 Å². The number of Topliss-reactive ketones (excluding diaryl/α,β-unsaturated/α-hetero) is 1. The first-order valence-corrected chi connectivity index (χ1v) is 13.8. The summed E-state index contributed by atoms with van der Waals surface area (Å²) in [7, 11) is 3.89. The van der Waals surface area contributed by atoms with Crippen molar-refractivity contribution in [2.75, 3.05) is 30.5 Å². The van der Waals surface area contributed by atoms with Gasteiger partial charge < -0.3 is 14.7 Å². The molecule has 1 unspecified atom stereocenters. The van der Waals surface area contributed by atoms with E-state index in [0.29, 0.717) is 28.6 Å². The van der Waals surface area contributed by atoms with Crippen molar-refractivity contribution < 1.29 is 19.4 Å². The van der Waals surface area contributed by atoms with Gasteiger partial charge in [-0.2, -0.15) is 0 Å². The van der Waals surface area contributed by atoms with Crippen LogP contribution in [0.4, 0.5) is 10.8 Å². The Morgan fingerprint density at radius 1 is 1.08 bits per heavy atom. The molecule has 0 radical (unpaired) electrons. The van der Waals surface area contributed by atoms with Gasteiger partial charge in [0.25, 0.3) is 5.78 Å². The number of benzene rings is 3. The monoisotopic (exact) mass is 541 g/mol. The fraction of sp³-hybridized carbons (Fsp3) is 0.258. The number of rotatable bonds is 8. The predicted octanol–water partition coefficient (Wildman–Crippen LogP) is 6.48. The minimum atomic E-state index is -0.840. The molecule has 39 heavy (non-hydrogen) atoms. The molecule has 4 aromatic rings. The van der Waals surface area contributed by atoms with Gasteiger partial charge in [-0.15, -0.1) is 0 Å². The maximum atomic E-state index is 13.6. The summed E-state index contributed by atoms with van der Waals surface area (Å²) in [5, 5.41) is 11.9. The normalized spacial score (nSPS) is 16.7. The van der Waals surface area contributed by atoms with E-state index in [0.717, 1.165) is 34.3 Å². The number of ketones is 1. The maximum Gasteiger partial charge on any atom is 0.301 e. The highest BCUT2D eigenvalue weighted by Crippen LogP contribution is 2.44. The Morgan fingerprint density at radius 2 is 1.85 bits per heavy atom. The number of hydrogen-bond donors (Lipinski definition) is 1. The smallest absolute Gasteiger partial charge is 0.301 e. The van der Waals surface area contributed by atoms with Gasteiger partial charge in [0.1, 0.15) is 11.5 Å². The number of anilines is 2. The lowest BCUT2D eigenvalue weighted by molar-refractivity contribution is -0.132. The van der Waals surface area contributed by atoms with Crippen LogP contribution in [-0.2, 0) is 9.59 Å². The van der Waals surface area contributed by atoms with Crippen molar-refractivity contribution in [3.8, 4) is 5.75 Å². The van der Waals surface area contributed by atoms with E-state index in [1.165, 1.54) is 16.2 Å². The van der Waals surface area contributed by atoms with Crippen LogP contribution in [0.3, 0.4) is 0 Å². The van der Waals surface area contributed by atoms with Gasteiger partial charge in [0.05, 0.1) is 28.4 Å². The minimum absolute atomic E-state index is 0.0266. The van der Waals surface area contributed by atoms with E-state index >= 15 is 0 Å². The Morgan fingerprint density at radius 3 is 2.56 bits per heavy atom. The first-order chi connectivity index (χ1) is 18.8. The number of aryl methyl sites for hydroxylation is 1. The van der Waals surface area contributed by atoms with Gasteiger partial charge in [-0.05, 0) is 60.9 Å². The quantitative estimate of drug-likeness (QED) is 0.119. The van der Waals surface area contributed by atoms with E-state index in [4.69, 9.17) is 9.72 Å². The lowest BCUT2D eigenvalue weighted by Gasteiger charge is -2.23. The van der Waals surface area contributed by atoms with Crippen LogP contribution >= 0.6 is 11.3 Å². The molecular formula is C31H31N3O4S. The van der Waals surface area contributed by atoms with Gasteiger partial charge in [0.15, 0.2) is 5.13 Å². The third-order valence-corrected chi connectivity index (χ3v) is 7.80. The second-order valence-corrected chi connectivity index (χ2v) is 10.9. The van der Waals surface area contributed by atoms with Crippen molar-refractivity contribution in [3.63, 3.8) is 0 Å². The van der Waals surface area contributed by atoms with Crippen molar-refractivity contribution in [3.05, 3.63) is 89.0 Å². The molecule has 0 saturated carbocycles. The van der Waals surface area contributed by atoms with Crippen molar-refractivity contribution >= 4 is 49.8 Å². The van der Waals surface area contributed by atoms with Crippen molar-refractivity contribution in [1.82, 2.24) is 4.98 Å². The Labute approximate surface area is 232 Å². The highest BCUT2D eigenvalue weighted by atomic mass is 32.1. The summed E-state index contributed by atoms with van der Waals surface area (Å²) in [6, 6.07) is 19.7. The highest BCUT2D eigenvalue weighted by molar-refractivity contribution is 7.22. The average molecular weight is 542 g/mol. The van der Waals surface area contributed by atoms with Crippen LogP contribution in [0.25, 0.3) is 16.0 Å². The van der Waals surface area contributed by atoms with Gasteiger partial charge in [0, 0.05) is 25.3 Å². The number of aromatic nitrogens is 1. The van der Waals surface area contributed by atoms with E-state index < -0.39 is 17.7 Å². The third-order valence-electron chi connectivity index (χ3n) is 6.78. The molecule has 1 N–H and O–H groups in total. The first kappa shape index (κ1) is 26.4. The molecule has 2 heterocycles. The van der Waals surface area contributed by atoms with E-state index in [9.17, 15) is 14.7 Å². The summed E-state index contributed by atoms with van der Waals surface area (Å²) in [5.74, 6) is -1.11. The largest absolute Gasteiger partial charge is 0.507 e. The number of hydrogen-bond acceptors (Lipinski definition) is 7. The van der Waals surface area contributed by atoms with Crippen molar-refractivity contribution in [2.24, 2.45) is 0 Å². The summed E-state index contributed by atoms with van der Waals surface area (Å²) >= 11 is 1.35. The van der Waals surface area contributed by atoms with Crippen LogP contribution in [0, 0.1) is 6.92 Å². The Bertz CT molecular complexity index is 1570. The van der Waals surface area contributed by atoms with Crippen LogP contribution in [0.5, 0.6) is 5.75 Å². The van der Waals surface area contributed by atoms with Gasteiger partial charge in [-0.25, -0.2) is 4.98 Å². The van der Waals surface area contributed by atoms with Crippen LogP contribution in [0.15, 0.2) is 72.3 Å². The number of aliphatic hydroxyl groups is 1. The Kier molecular flexibility index (Phi) is 7.39. The first-order valence-electron chi connectivity index (χ1n) is 13.0. The zero-order valence-corrected chi connectivity index (χ0v) is 23.3. The molecule has 1 amide bonds. The van der Waals surface area contributed by atoms with Gasteiger partial charge >= 0.3 is 5.91 Å². The Hall–Kier alpha value is -4.17. The molecule has 7 nitrogen and oxygen atoms in total. The second-order valence-electron chi connectivity index (χ2n) is 9.85. The summed E-state index contributed by atoms with van der Waals surface area (Å²) in [4.78, 5) is 35.2. The summed E-state index contributed by atoms with van der Waals surface area (Å²) in [6.45, 7) is 4.64. The molecule has 3 aromatic carbocycles. The fourth-order valence-electron chi connectivity index (χ4n) is 4.65. The summed E-state index contributed by atoms with van der Waals surface area (Å²) < 4.78 is 6.74. The molecule has 0 bridgehead atoms. The number of carbonyl (C=O) groups excluding carboxylic acids is 2. The average Bonchev–Trinajstić information content (AvgIpc) is 3.46. The van der Waals surface area contributed by atoms with E-state index in [1.54, 1.807) is 18.2 Å². The molecule has 8 heteroatoms. The second kappa shape index (κ2) is 10.9. The lowest BCUT2D eigenvalue weighted by Crippen LogP contribution is -2.29. The SMILES string of the molecule is CCCCOc1cccc(C(O)=C2C(=O)C(=O)N(c3nc4ccc(C)cc4s3)C2c2ccc(N(C)C)cc2)c1. The zero-order chi connectivity index (χ0) is 27.7. The standard InChI is InChI=1S/C31H31N3O4S/c1-5-6-16-38-23-9-7-8-21(18-23)28(35)26-27(20-11-13-22(14-12-20)33(3)4)34(30(37)29(26)36)31-32-24-15-10-19(2)17-25(24)39-31/h7-15,17-18,27,35H,5-6,16H2,1-4H3. The molecule has 1 aliphatic heterocycles. The van der Waals surface area contributed by atoms with Crippen molar-refractivity contribution in [2.45, 2.75) is 32.7 Å². The fourth-order valence-corrected chi connectivity index (χ4v) is 5.74. The molecule has 1 saturated heterocycles. The number of thiazole rings is 1. The van der Waals surface area contributed by atoms with Crippen LogP contribution in [-0.4, -0.2) is 42.5 Å². The van der Waals surface area contributed by atoms with E-state index in [2.05, 4.69) is 6.92 Å². The molecular weight excluding hydrogens is 510 g/mol. The molecule has 200 valence electrons. The molecule has 1 aromatic heterocycles. The van der Waals surface area contributed by atoms with E-state index in [-0.39, 0.29) is 11.3 Å². The van der Waals surface area contributed by atoms with Crippen LogP contribution in [0.1, 0.15) is 42.5 Å². The molecule has 1 atom stereocenters. The maximum absolute atomic E-state index is 13.6. The highest BCUT2D eigenvalue weighted by Gasteiger charge is 2.48. The molecule has 1 fully saturated rings. The van der Waals surface area contributed by atoms with Crippen LogP contribution < -0.4 is 14.5 Å². The van der Waals surface area contributed by atoms with Crippen LogP contribution in [0.2, 0.25) is 0 Å². The number of unbranched alkanes of at least 4 members (excludes halogenated alkanes) is 1. The number of carbonyl (C=O) groups is 2.